The highest BCUT2D eigenvalue weighted by Crippen LogP contribution is 2.21. The minimum Gasteiger partial charge on any atom is -0.593 e. The average Bonchev–Trinajstić information content (AvgIpc) is 2.27. The fourth-order valence-corrected chi connectivity index (χ4v) is 1.76. The van der Waals surface area contributed by atoms with E-state index in [0.717, 1.165) is 24.0 Å². The summed E-state index contributed by atoms with van der Waals surface area (Å²) in [5, 5.41) is 26.1. The number of aryl methyl sites for hydroxylation is 2. The van der Waals surface area contributed by atoms with Crippen molar-refractivity contribution >= 4 is 0 Å². The molecule has 0 aromatic heterocycles. The van der Waals surface area contributed by atoms with Gasteiger partial charge in [0.05, 0.1) is 0 Å². The summed E-state index contributed by atoms with van der Waals surface area (Å²) in [4.78, 5) is 0. The molecular weight excluding hydrogens is 216 g/mol. The molecule has 4 N–H and O–H groups in total. The van der Waals surface area contributed by atoms with Gasteiger partial charge in [0.1, 0.15) is 11.5 Å². The lowest BCUT2D eigenvalue weighted by molar-refractivity contribution is 0.449. The van der Waals surface area contributed by atoms with E-state index in [4.69, 9.17) is 5.11 Å². The zero-order chi connectivity index (χ0) is 12.3. The Hall–Kier alpha value is -2.16. The molecule has 17 heavy (non-hydrogen) atoms. The molecule has 0 saturated carbocycles. The van der Waals surface area contributed by atoms with Crippen molar-refractivity contribution in [2.75, 3.05) is 0 Å². The molecule has 0 unspecified atom stereocenters. The minimum atomic E-state index is 0.0847. The van der Waals surface area contributed by atoms with Crippen molar-refractivity contribution in [2.24, 2.45) is 0 Å². The SMILES string of the molecule is Oc1cc(O)cc(CCc2ccc([OH2+])cc2)c1. The molecule has 0 saturated heterocycles. The van der Waals surface area contributed by atoms with Crippen molar-refractivity contribution in [3.8, 4) is 17.2 Å². The molecule has 0 bridgehead atoms. The maximum atomic E-state index is 9.34. The molecule has 0 atom stereocenters. The lowest BCUT2D eigenvalue weighted by atomic mass is 10.0. The van der Waals surface area contributed by atoms with Crippen LogP contribution < -0.4 is 0 Å². The Kier molecular flexibility index (Phi) is 3.19. The molecule has 0 aliphatic rings. The van der Waals surface area contributed by atoms with Crippen LogP contribution in [0.1, 0.15) is 11.1 Å². The van der Waals surface area contributed by atoms with Crippen molar-refractivity contribution in [3.05, 3.63) is 53.6 Å². The molecule has 2 rings (SSSR count). The Morgan fingerprint density at radius 2 is 1.29 bits per heavy atom. The van der Waals surface area contributed by atoms with E-state index in [9.17, 15) is 10.2 Å². The normalized spacial score (nSPS) is 10.4. The first kappa shape index (κ1) is 11.3. The second-order valence-corrected chi connectivity index (χ2v) is 4.05. The Labute approximate surface area is 99.6 Å². The fourth-order valence-electron chi connectivity index (χ4n) is 1.76. The van der Waals surface area contributed by atoms with Crippen LogP contribution in [-0.4, -0.2) is 15.3 Å². The van der Waals surface area contributed by atoms with Gasteiger partial charge in [-0.1, -0.05) is 0 Å². The lowest BCUT2D eigenvalue weighted by Crippen LogP contribution is -1.90. The standard InChI is InChI=1S/C14H14O3/c15-12-5-3-10(4-6-12)1-2-11-7-13(16)9-14(17)8-11/h3-9,15-17H,1-2H2/p+1. The second-order valence-electron chi connectivity index (χ2n) is 4.05. The number of hydrogen-bond acceptors (Lipinski definition) is 2. The third kappa shape index (κ3) is 3.14. The van der Waals surface area contributed by atoms with Gasteiger partial charge in [-0.05, 0) is 48.2 Å². The fraction of sp³-hybridized carbons (Fsp3) is 0.143. The third-order valence-corrected chi connectivity index (χ3v) is 2.62. The molecule has 0 amide bonds. The van der Waals surface area contributed by atoms with Crippen LogP contribution in [0.15, 0.2) is 42.5 Å². The zero-order valence-electron chi connectivity index (χ0n) is 9.35. The van der Waals surface area contributed by atoms with Gasteiger partial charge < -0.3 is 15.3 Å². The minimum absolute atomic E-state index is 0.0847. The van der Waals surface area contributed by atoms with E-state index < -0.39 is 0 Å². The molecule has 2 aromatic carbocycles. The molecule has 0 aliphatic carbocycles. The van der Waals surface area contributed by atoms with Crippen LogP contribution >= 0.6 is 0 Å². The van der Waals surface area contributed by atoms with Crippen LogP contribution in [0, 0.1) is 0 Å². The lowest BCUT2D eigenvalue weighted by Gasteiger charge is -2.04. The Bertz CT molecular complexity index is 483. The summed E-state index contributed by atoms with van der Waals surface area (Å²) >= 11 is 0. The smallest absolute Gasteiger partial charge is 0.253 e. The van der Waals surface area contributed by atoms with Gasteiger partial charge in [0.15, 0.2) is 0 Å². The number of aromatic hydroxyl groups is 2. The van der Waals surface area contributed by atoms with Crippen LogP contribution in [0.4, 0.5) is 0 Å². The number of phenols is 2. The zero-order valence-corrected chi connectivity index (χ0v) is 9.35. The van der Waals surface area contributed by atoms with Crippen molar-refractivity contribution in [1.82, 2.24) is 0 Å². The molecular formula is C14H15O3+. The number of rotatable bonds is 3. The summed E-state index contributed by atoms with van der Waals surface area (Å²) in [7, 11) is 0. The molecule has 0 fully saturated rings. The maximum Gasteiger partial charge on any atom is 0.253 e. The topological polar surface area (TPSA) is 63.4 Å². The van der Waals surface area contributed by atoms with E-state index in [1.807, 2.05) is 12.1 Å². The van der Waals surface area contributed by atoms with Gasteiger partial charge in [-0.25, -0.2) is 0 Å². The van der Waals surface area contributed by atoms with Gasteiger partial charge in [-0.2, -0.15) is 0 Å². The summed E-state index contributed by atoms with van der Waals surface area (Å²) in [5.74, 6) is 0.673. The van der Waals surface area contributed by atoms with E-state index in [1.165, 1.54) is 6.07 Å². The number of phenolic OH excluding ortho intramolecular Hbond substituents is 2. The predicted molar refractivity (Wildman–Crippen MR) is 66.7 cm³/mol. The predicted octanol–water partition coefficient (Wildman–Crippen LogP) is 2.32. The van der Waals surface area contributed by atoms with Crippen molar-refractivity contribution in [2.45, 2.75) is 12.8 Å². The Balaban J connectivity index is 2.04. The van der Waals surface area contributed by atoms with E-state index in [0.29, 0.717) is 5.75 Å². The molecule has 0 aliphatic heterocycles. The monoisotopic (exact) mass is 231 g/mol. The summed E-state index contributed by atoms with van der Waals surface area (Å²) < 4.78 is 0. The summed E-state index contributed by atoms with van der Waals surface area (Å²) in [6.07, 6.45) is 1.57. The Morgan fingerprint density at radius 3 is 1.88 bits per heavy atom. The van der Waals surface area contributed by atoms with Crippen molar-refractivity contribution in [1.29, 1.82) is 0 Å². The van der Waals surface area contributed by atoms with E-state index in [-0.39, 0.29) is 11.5 Å². The highest BCUT2D eigenvalue weighted by atomic mass is 16.3. The molecule has 3 nitrogen and oxygen atoms in total. The maximum absolute atomic E-state index is 9.34. The molecule has 2 aromatic rings. The quantitative estimate of drug-likeness (QED) is 0.796. The molecule has 0 radical (unpaired) electrons. The van der Waals surface area contributed by atoms with Crippen LogP contribution in [-0.2, 0) is 12.8 Å². The van der Waals surface area contributed by atoms with Crippen LogP contribution in [0.25, 0.3) is 0 Å². The molecule has 0 spiro atoms. The van der Waals surface area contributed by atoms with Gasteiger partial charge in [-0.15, -0.1) is 0 Å². The van der Waals surface area contributed by atoms with E-state index in [2.05, 4.69) is 0 Å². The Morgan fingerprint density at radius 1 is 0.765 bits per heavy atom. The van der Waals surface area contributed by atoms with Crippen molar-refractivity contribution in [3.63, 3.8) is 0 Å². The highest BCUT2D eigenvalue weighted by molar-refractivity contribution is 5.37. The van der Waals surface area contributed by atoms with Crippen LogP contribution in [0.2, 0.25) is 0 Å². The van der Waals surface area contributed by atoms with E-state index >= 15 is 0 Å². The van der Waals surface area contributed by atoms with Gasteiger partial charge in [0, 0.05) is 18.2 Å². The molecule has 0 heterocycles. The van der Waals surface area contributed by atoms with E-state index in [1.54, 1.807) is 24.3 Å². The highest BCUT2D eigenvalue weighted by Gasteiger charge is 2.01. The van der Waals surface area contributed by atoms with Crippen LogP contribution in [0.5, 0.6) is 17.2 Å². The number of hydrogen-bond donors (Lipinski definition) is 2. The van der Waals surface area contributed by atoms with Crippen molar-refractivity contribution < 1.29 is 15.3 Å². The molecule has 3 heteroatoms. The first-order chi connectivity index (χ1) is 8.13. The largest absolute Gasteiger partial charge is 0.593 e. The summed E-state index contributed by atoms with van der Waals surface area (Å²) in [6.45, 7) is 0. The average molecular weight is 231 g/mol. The van der Waals surface area contributed by atoms with Gasteiger partial charge in [0.2, 0.25) is 0 Å². The van der Waals surface area contributed by atoms with Crippen LogP contribution in [0.3, 0.4) is 0 Å². The van der Waals surface area contributed by atoms with Gasteiger partial charge in [-0.3, -0.25) is 0 Å². The number of benzene rings is 2. The summed E-state index contributed by atoms with van der Waals surface area (Å²) in [6, 6.07) is 12.0. The van der Waals surface area contributed by atoms with Gasteiger partial charge in [0.25, 0.3) is 5.75 Å². The van der Waals surface area contributed by atoms with Gasteiger partial charge >= 0.3 is 0 Å². The first-order valence-electron chi connectivity index (χ1n) is 5.46. The second kappa shape index (κ2) is 4.78. The first-order valence-corrected chi connectivity index (χ1v) is 5.46. The third-order valence-electron chi connectivity index (χ3n) is 2.62. The summed E-state index contributed by atoms with van der Waals surface area (Å²) in [5.41, 5.74) is 2.04. The molecule has 88 valence electrons.